The van der Waals surface area contributed by atoms with E-state index in [9.17, 15) is 13.6 Å². The Kier molecular flexibility index (Phi) is 9.01. The number of benzene rings is 1. The average molecular weight is 445 g/mol. The molecule has 7 nitrogen and oxygen atoms in total. The summed E-state index contributed by atoms with van der Waals surface area (Å²) in [7, 11) is 0. The quantitative estimate of drug-likeness (QED) is 0.362. The molecule has 0 saturated heterocycles. The van der Waals surface area contributed by atoms with Crippen molar-refractivity contribution in [2.75, 3.05) is 17.8 Å². The highest BCUT2D eigenvalue weighted by atomic mass is 32.2. The molecule has 1 amide bonds. The third-order valence-corrected chi connectivity index (χ3v) is 3.79. The van der Waals surface area contributed by atoms with E-state index in [4.69, 9.17) is 5.41 Å². The maximum absolute atomic E-state index is 12.4. The van der Waals surface area contributed by atoms with Gasteiger partial charge in [0.1, 0.15) is 12.2 Å². The van der Waals surface area contributed by atoms with Crippen LogP contribution in [0.15, 0.2) is 42.9 Å². The Balaban J connectivity index is 0.00000107. The number of anilines is 1. The molecule has 0 aliphatic heterocycles. The minimum absolute atomic E-state index is 0.327. The van der Waals surface area contributed by atoms with E-state index in [-0.39, 0.29) is 0 Å². The maximum Gasteiger partial charge on any atom is 0.279 e. The fourth-order valence-electron chi connectivity index (χ4n) is 2.54. The smallest absolute Gasteiger partial charge is 0.279 e. The molecule has 1 aromatic carbocycles. The first kappa shape index (κ1) is 23.9. The minimum atomic E-state index is -2.83. The van der Waals surface area contributed by atoms with Crippen LogP contribution in [0.25, 0.3) is 28.7 Å². The second-order valence-corrected chi connectivity index (χ2v) is 7.13. The van der Waals surface area contributed by atoms with E-state index in [1.807, 2.05) is 31.6 Å². The molecule has 0 atom stereocenters. The number of aromatic nitrogens is 4. The lowest BCUT2D eigenvalue weighted by Gasteiger charge is -2.07. The van der Waals surface area contributed by atoms with E-state index < -0.39 is 12.1 Å². The molecule has 0 saturated carbocycles. The van der Waals surface area contributed by atoms with Gasteiger partial charge in [0.15, 0.2) is 0 Å². The van der Waals surface area contributed by atoms with Crippen molar-refractivity contribution in [1.29, 1.82) is 5.41 Å². The van der Waals surface area contributed by atoms with Gasteiger partial charge in [-0.1, -0.05) is 0 Å². The van der Waals surface area contributed by atoms with Crippen LogP contribution < -0.4 is 5.32 Å². The van der Waals surface area contributed by atoms with Gasteiger partial charge >= 0.3 is 0 Å². The molecular weight excluding hydrogens is 422 g/mol. The molecule has 31 heavy (non-hydrogen) atoms. The van der Waals surface area contributed by atoms with Gasteiger partial charge < -0.3 is 10.3 Å². The summed E-state index contributed by atoms with van der Waals surface area (Å²) in [6.45, 7) is 1.91. The van der Waals surface area contributed by atoms with E-state index in [2.05, 4.69) is 25.3 Å². The molecular formula is C21H22F2N6OS. The van der Waals surface area contributed by atoms with Crippen LogP contribution in [0.3, 0.4) is 0 Å². The van der Waals surface area contributed by atoms with Gasteiger partial charge in [-0.2, -0.15) is 11.8 Å². The summed E-state index contributed by atoms with van der Waals surface area (Å²) in [6, 6.07) is 7.32. The number of alkyl halides is 2. The summed E-state index contributed by atoms with van der Waals surface area (Å²) in [4.78, 5) is 26.2. The first-order valence-electron chi connectivity index (χ1n) is 9.02. The molecule has 0 fully saturated rings. The molecule has 0 radical (unpaired) electrons. The lowest BCUT2D eigenvalue weighted by atomic mass is 10.1. The highest BCUT2D eigenvalue weighted by Crippen LogP contribution is 2.25. The molecule has 2 heterocycles. The van der Waals surface area contributed by atoms with Crippen LogP contribution in [-0.4, -0.2) is 51.0 Å². The van der Waals surface area contributed by atoms with Gasteiger partial charge in [-0.3, -0.25) is 10.2 Å². The number of halogens is 2. The molecule has 162 valence electrons. The van der Waals surface area contributed by atoms with Gasteiger partial charge in [-0.15, -0.1) is 0 Å². The number of aromatic amines is 1. The SMILES string of the molecule is CSC.Cc1cc(NC=O)cc(-c2cc(-c3cnc(/C=C\C(=N)C(F)F)[nH]3)ncn2)c1. The second-order valence-electron chi connectivity index (χ2n) is 6.32. The number of allylic oxidation sites excluding steroid dienone is 1. The molecule has 0 aliphatic carbocycles. The number of imidazole rings is 1. The van der Waals surface area contributed by atoms with Gasteiger partial charge in [-0.25, -0.2) is 23.7 Å². The number of hydrogen-bond acceptors (Lipinski definition) is 6. The van der Waals surface area contributed by atoms with Gasteiger partial charge in [0.2, 0.25) is 6.41 Å². The molecule has 0 unspecified atom stereocenters. The van der Waals surface area contributed by atoms with Crippen LogP contribution in [0.4, 0.5) is 14.5 Å². The molecule has 0 spiro atoms. The third-order valence-electron chi connectivity index (χ3n) is 3.79. The lowest BCUT2D eigenvalue weighted by Crippen LogP contribution is -2.03. The van der Waals surface area contributed by atoms with E-state index in [0.717, 1.165) is 17.2 Å². The summed E-state index contributed by atoms with van der Waals surface area (Å²) >= 11 is 1.75. The van der Waals surface area contributed by atoms with Crippen molar-refractivity contribution >= 4 is 35.6 Å². The number of H-pyrrole nitrogens is 1. The zero-order valence-corrected chi connectivity index (χ0v) is 18.0. The van der Waals surface area contributed by atoms with Crippen molar-refractivity contribution in [3.63, 3.8) is 0 Å². The largest absolute Gasteiger partial charge is 0.337 e. The molecule has 3 rings (SSSR count). The Morgan fingerprint density at radius 1 is 1.16 bits per heavy atom. The molecule has 3 aromatic rings. The number of nitrogens with zero attached hydrogens (tertiary/aromatic N) is 3. The Bertz CT molecular complexity index is 1070. The first-order chi connectivity index (χ1) is 14.9. The van der Waals surface area contributed by atoms with Crippen molar-refractivity contribution in [2.45, 2.75) is 13.3 Å². The fourth-order valence-corrected chi connectivity index (χ4v) is 2.54. The zero-order chi connectivity index (χ0) is 22.8. The minimum Gasteiger partial charge on any atom is -0.337 e. The number of nitrogens with one attached hydrogen (secondary N) is 3. The van der Waals surface area contributed by atoms with Crippen LogP contribution in [0, 0.1) is 12.3 Å². The van der Waals surface area contributed by atoms with Crippen molar-refractivity contribution in [2.24, 2.45) is 0 Å². The molecule has 2 aromatic heterocycles. The number of carbonyl (C=O) groups excluding carboxylic acids is 1. The normalized spacial score (nSPS) is 10.6. The highest BCUT2D eigenvalue weighted by Gasteiger charge is 2.09. The van der Waals surface area contributed by atoms with E-state index in [1.165, 1.54) is 18.6 Å². The van der Waals surface area contributed by atoms with Gasteiger partial charge in [0.25, 0.3) is 6.43 Å². The zero-order valence-electron chi connectivity index (χ0n) is 17.2. The predicted molar refractivity (Wildman–Crippen MR) is 122 cm³/mol. The summed E-state index contributed by atoms with van der Waals surface area (Å²) in [5, 5.41) is 9.75. The number of rotatable bonds is 7. The predicted octanol–water partition coefficient (Wildman–Crippen LogP) is 4.69. The van der Waals surface area contributed by atoms with E-state index in [1.54, 1.807) is 23.9 Å². The van der Waals surface area contributed by atoms with Gasteiger partial charge in [0.05, 0.1) is 29.0 Å². The van der Waals surface area contributed by atoms with E-state index in [0.29, 0.717) is 35.0 Å². The molecule has 10 heteroatoms. The summed E-state index contributed by atoms with van der Waals surface area (Å²) in [5.41, 5.74) is 3.41. The van der Waals surface area contributed by atoms with E-state index >= 15 is 0 Å². The summed E-state index contributed by atoms with van der Waals surface area (Å²) in [6.07, 6.45) is 7.08. The summed E-state index contributed by atoms with van der Waals surface area (Å²) < 4.78 is 24.7. The molecule has 0 bridgehead atoms. The van der Waals surface area contributed by atoms with Crippen molar-refractivity contribution in [3.05, 3.63) is 54.3 Å². The van der Waals surface area contributed by atoms with Crippen LogP contribution in [0.5, 0.6) is 0 Å². The third kappa shape index (κ3) is 7.10. The monoisotopic (exact) mass is 444 g/mol. The fraction of sp³-hybridized carbons (Fsp3) is 0.190. The lowest BCUT2D eigenvalue weighted by molar-refractivity contribution is -0.105. The molecule has 3 N–H and O–H groups in total. The average Bonchev–Trinajstić information content (AvgIpc) is 3.21. The van der Waals surface area contributed by atoms with Gasteiger partial charge in [-0.05, 0) is 61.4 Å². The Hall–Kier alpha value is -3.40. The van der Waals surface area contributed by atoms with Crippen molar-refractivity contribution in [3.8, 4) is 22.6 Å². The Morgan fingerprint density at radius 2 is 1.87 bits per heavy atom. The second kappa shape index (κ2) is 11.7. The highest BCUT2D eigenvalue weighted by molar-refractivity contribution is 7.97. The number of carbonyl (C=O) groups is 1. The van der Waals surface area contributed by atoms with Gasteiger partial charge in [0, 0.05) is 11.3 Å². The van der Waals surface area contributed by atoms with Crippen molar-refractivity contribution < 1.29 is 13.6 Å². The summed E-state index contributed by atoms with van der Waals surface area (Å²) in [5.74, 6) is 0.327. The standard InChI is InChI=1S/C19H16F2N6O.C2H6S/c1-11-4-12(6-13(5-11)26-10-28)15-7-16(25-9-24-15)17-8-23-18(27-17)3-2-14(22)19(20)21;1-3-2/h2-10,19,22H,1H3,(H,23,27)(H,26,28);1-2H3/b3-2-,22-14?;. The number of thioether (sulfide) groups is 1. The van der Waals surface area contributed by atoms with Crippen LogP contribution in [0.2, 0.25) is 0 Å². The van der Waals surface area contributed by atoms with Crippen LogP contribution in [-0.2, 0) is 4.79 Å². The molecule has 0 aliphatic rings. The number of aryl methyl sites for hydroxylation is 1. The van der Waals surface area contributed by atoms with Crippen LogP contribution in [0.1, 0.15) is 11.4 Å². The number of hydrogen-bond donors (Lipinski definition) is 3. The van der Waals surface area contributed by atoms with Crippen LogP contribution >= 0.6 is 11.8 Å². The number of amides is 1. The Morgan fingerprint density at radius 3 is 2.55 bits per heavy atom. The maximum atomic E-state index is 12.4. The topological polar surface area (TPSA) is 107 Å². The van der Waals surface area contributed by atoms with Crippen molar-refractivity contribution in [1.82, 2.24) is 19.9 Å². The Labute approximate surface area is 183 Å². The first-order valence-corrected chi connectivity index (χ1v) is 10.7.